The van der Waals surface area contributed by atoms with Gasteiger partial charge in [0, 0.05) is 29.7 Å². The molecule has 0 saturated heterocycles. The second kappa shape index (κ2) is 16.8. The number of rotatable bonds is 15. The Bertz CT molecular complexity index is 1010. The van der Waals surface area contributed by atoms with Crippen LogP contribution in [0.4, 0.5) is 0 Å². The topological polar surface area (TPSA) is 115 Å². The smallest absolute Gasteiger partial charge is 0.357 e. The number of ether oxygens (including phenoxy) is 2. The Morgan fingerprint density at radius 1 is 1.12 bits per heavy atom. The molecule has 1 saturated carbocycles. The molecule has 10 heteroatoms. The molecule has 1 fully saturated rings. The number of esters is 2. The molecule has 1 heterocycles. The molecule has 1 aromatic rings. The van der Waals surface area contributed by atoms with E-state index in [9.17, 15) is 19.2 Å². The SMILES string of the molecule is CCCC(=O)OCN(C(=O)[C@@H](NC(=O)C1CCCCC1C)C(C)CC)[C@H](C[C@@H](C)c1nc(C(=O)OC)cs1)C(C)C. The van der Waals surface area contributed by atoms with Crippen LogP contribution in [0.25, 0.3) is 0 Å². The van der Waals surface area contributed by atoms with E-state index in [1.807, 2.05) is 41.5 Å². The van der Waals surface area contributed by atoms with Gasteiger partial charge in [0.1, 0.15) is 6.04 Å². The molecule has 6 atom stereocenters. The van der Waals surface area contributed by atoms with Gasteiger partial charge in [-0.15, -0.1) is 11.3 Å². The summed E-state index contributed by atoms with van der Waals surface area (Å²) in [6.07, 6.45) is 6.17. The second-order valence-electron chi connectivity index (χ2n) is 12.0. The molecular formula is C31H51N3O6S. The first-order valence-electron chi connectivity index (χ1n) is 15.2. The van der Waals surface area contributed by atoms with E-state index in [4.69, 9.17) is 9.47 Å². The van der Waals surface area contributed by atoms with Gasteiger partial charge >= 0.3 is 11.9 Å². The predicted molar refractivity (Wildman–Crippen MR) is 160 cm³/mol. The van der Waals surface area contributed by atoms with Crippen LogP contribution in [0.2, 0.25) is 0 Å². The van der Waals surface area contributed by atoms with Crippen LogP contribution in [0.5, 0.6) is 0 Å². The average molecular weight is 594 g/mol. The molecule has 9 nitrogen and oxygen atoms in total. The van der Waals surface area contributed by atoms with E-state index >= 15 is 0 Å². The molecule has 0 aliphatic heterocycles. The minimum Gasteiger partial charge on any atom is -0.464 e. The van der Waals surface area contributed by atoms with Gasteiger partial charge in [0.15, 0.2) is 12.4 Å². The van der Waals surface area contributed by atoms with Crippen molar-refractivity contribution >= 4 is 35.1 Å². The molecule has 2 amide bonds. The van der Waals surface area contributed by atoms with Crippen molar-refractivity contribution in [1.82, 2.24) is 15.2 Å². The van der Waals surface area contributed by atoms with Crippen LogP contribution < -0.4 is 5.32 Å². The van der Waals surface area contributed by atoms with Crippen molar-refractivity contribution in [3.8, 4) is 0 Å². The molecule has 232 valence electrons. The number of hydrogen-bond donors (Lipinski definition) is 1. The van der Waals surface area contributed by atoms with Gasteiger partial charge in [-0.2, -0.15) is 0 Å². The molecule has 1 aliphatic carbocycles. The summed E-state index contributed by atoms with van der Waals surface area (Å²) >= 11 is 1.38. The number of methoxy groups -OCH3 is 1. The average Bonchev–Trinajstić information content (AvgIpc) is 3.45. The summed E-state index contributed by atoms with van der Waals surface area (Å²) < 4.78 is 10.4. The summed E-state index contributed by atoms with van der Waals surface area (Å²) in [6.45, 7) is 13.9. The van der Waals surface area contributed by atoms with Gasteiger partial charge in [-0.25, -0.2) is 9.78 Å². The largest absolute Gasteiger partial charge is 0.464 e. The van der Waals surface area contributed by atoms with Gasteiger partial charge in [-0.05, 0) is 43.4 Å². The molecule has 1 aromatic heterocycles. The van der Waals surface area contributed by atoms with Crippen molar-refractivity contribution in [2.24, 2.45) is 23.7 Å². The highest BCUT2D eigenvalue weighted by atomic mass is 32.1. The third-order valence-corrected chi connectivity index (χ3v) is 9.51. The van der Waals surface area contributed by atoms with Crippen LogP contribution in [0.15, 0.2) is 5.38 Å². The zero-order valence-corrected chi connectivity index (χ0v) is 27.1. The summed E-state index contributed by atoms with van der Waals surface area (Å²) in [5, 5.41) is 5.58. The Kier molecular flexibility index (Phi) is 14.2. The van der Waals surface area contributed by atoms with E-state index in [-0.39, 0.29) is 72.3 Å². The Balaban J connectivity index is 2.37. The Morgan fingerprint density at radius 2 is 1.80 bits per heavy atom. The predicted octanol–water partition coefficient (Wildman–Crippen LogP) is 5.93. The third-order valence-electron chi connectivity index (χ3n) is 8.43. The summed E-state index contributed by atoms with van der Waals surface area (Å²) in [4.78, 5) is 58.3. The highest BCUT2D eigenvalue weighted by molar-refractivity contribution is 7.09. The number of hydrogen-bond acceptors (Lipinski definition) is 8. The number of nitrogens with zero attached hydrogens (tertiary/aromatic N) is 2. The van der Waals surface area contributed by atoms with Gasteiger partial charge in [0.25, 0.3) is 0 Å². The van der Waals surface area contributed by atoms with E-state index in [1.54, 1.807) is 10.3 Å². The minimum absolute atomic E-state index is 0.0259. The van der Waals surface area contributed by atoms with Crippen LogP contribution in [0, 0.1) is 23.7 Å². The lowest BCUT2D eigenvalue weighted by atomic mass is 9.79. The van der Waals surface area contributed by atoms with Crippen LogP contribution in [0.3, 0.4) is 0 Å². The maximum absolute atomic E-state index is 14.4. The van der Waals surface area contributed by atoms with Crippen molar-refractivity contribution < 1.29 is 28.7 Å². The first-order valence-corrected chi connectivity index (χ1v) is 16.1. The highest BCUT2D eigenvalue weighted by Gasteiger charge is 2.38. The van der Waals surface area contributed by atoms with Gasteiger partial charge in [-0.3, -0.25) is 14.4 Å². The normalized spacial score (nSPS) is 20.0. The Morgan fingerprint density at radius 3 is 2.39 bits per heavy atom. The zero-order chi connectivity index (χ0) is 30.7. The van der Waals surface area contributed by atoms with Crippen LogP contribution in [-0.2, 0) is 23.9 Å². The van der Waals surface area contributed by atoms with Gasteiger partial charge < -0.3 is 19.7 Å². The lowest BCUT2D eigenvalue weighted by Crippen LogP contribution is -2.57. The molecule has 0 bridgehead atoms. The molecule has 1 aliphatic rings. The minimum atomic E-state index is -0.728. The first kappa shape index (κ1) is 34.7. The van der Waals surface area contributed by atoms with E-state index in [1.165, 1.54) is 18.4 Å². The summed E-state index contributed by atoms with van der Waals surface area (Å²) in [6, 6.07) is -1.02. The quantitative estimate of drug-likeness (QED) is 0.198. The number of amides is 2. The van der Waals surface area contributed by atoms with Crippen molar-refractivity contribution in [1.29, 1.82) is 0 Å². The van der Waals surface area contributed by atoms with E-state index < -0.39 is 12.0 Å². The van der Waals surface area contributed by atoms with E-state index in [2.05, 4.69) is 17.2 Å². The molecule has 3 unspecified atom stereocenters. The molecule has 41 heavy (non-hydrogen) atoms. The fourth-order valence-corrected chi connectivity index (χ4v) is 6.36. The fourth-order valence-electron chi connectivity index (χ4n) is 5.50. The Labute approximate surface area is 250 Å². The summed E-state index contributed by atoms with van der Waals surface area (Å²) in [7, 11) is 1.32. The monoisotopic (exact) mass is 593 g/mol. The number of carbonyl (C=O) groups excluding carboxylic acids is 4. The summed E-state index contributed by atoms with van der Waals surface area (Å²) in [5.74, 6) is -1.13. The van der Waals surface area contributed by atoms with Crippen molar-refractivity contribution in [3.05, 3.63) is 16.1 Å². The van der Waals surface area contributed by atoms with Crippen LogP contribution in [0.1, 0.15) is 121 Å². The molecule has 0 radical (unpaired) electrons. The van der Waals surface area contributed by atoms with Gasteiger partial charge in [0.2, 0.25) is 11.8 Å². The van der Waals surface area contributed by atoms with Crippen LogP contribution >= 0.6 is 11.3 Å². The van der Waals surface area contributed by atoms with Crippen molar-refractivity contribution in [3.63, 3.8) is 0 Å². The molecular weight excluding hydrogens is 542 g/mol. The first-order chi connectivity index (χ1) is 19.4. The maximum atomic E-state index is 14.4. The fraction of sp³-hybridized carbons (Fsp3) is 0.774. The van der Waals surface area contributed by atoms with E-state index in [0.717, 1.165) is 30.7 Å². The summed E-state index contributed by atoms with van der Waals surface area (Å²) in [5.41, 5.74) is 0.262. The number of aromatic nitrogens is 1. The van der Waals surface area contributed by atoms with Crippen molar-refractivity contribution in [2.45, 2.75) is 118 Å². The number of nitrogens with one attached hydrogen (secondary N) is 1. The molecule has 0 aromatic carbocycles. The number of thiazole rings is 1. The Hall–Kier alpha value is -2.49. The van der Waals surface area contributed by atoms with E-state index in [0.29, 0.717) is 19.3 Å². The van der Waals surface area contributed by atoms with Gasteiger partial charge in [0.05, 0.1) is 12.1 Å². The molecule has 0 spiro atoms. The standard InChI is InChI=1S/C31H51N3O6S/c1-9-13-26(35)40-18-34(25(19(3)4)16-22(7)29-32-24(17-41-29)31(38)39-8)30(37)27(20(5)10-2)33-28(36)23-15-12-11-14-21(23)6/h17,19-23,25,27H,9-16,18H2,1-8H3,(H,33,36)/t20?,21?,22-,23?,25-,27+/m1/s1. The van der Waals surface area contributed by atoms with Gasteiger partial charge in [-0.1, -0.05) is 67.7 Å². The zero-order valence-electron chi connectivity index (χ0n) is 26.2. The molecule has 2 rings (SSSR count). The van der Waals surface area contributed by atoms with Crippen LogP contribution in [-0.4, -0.2) is 59.6 Å². The highest BCUT2D eigenvalue weighted by Crippen LogP contribution is 2.32. The second-order valence-corrected chi connectivity index (χ2v) is 12.8. The van der Waals surface area contributed by atoms with Crippen molar-refractivity contribution in [2.75, 3.05) is 13.8 Å². The maximum Gasteiger partial charge on any atom is 0.357 e. The lowest BCUT2D eigenvalue weighted by molar-refractivity contribution is -0.159. The molecule has 1 N–H and O–H groups in total. The number of carbonyl (C=O) groups is 4. The third kappa shape index (κ3) is 9.79. The lowest BCUT2D eigenvalue weighted by Gasteiger charge is -2.39.